The molecule has 0 aromatic heterocycles. The predicted molar refractivity (Wildman–Crippen MR) is 89.3 cm³/mol. The van der Waals surface area contributed by atoms with Crippen LogP contribution in [0.25, 0.3) is 0 Å². The third-order valence-electron chi connectivity index (χ3n) is 5.81. The Morgan fingerprint density at radius 2 is 1.67 bits per heavy atom. The van der Waals surface area contributed by atoms with Crippen LogP contribution in [0.4, 0.5) is 5.69 Å². The highest BCUT2D eigenvalue weighted by molar-refractivity contribution is 7.89. The van der Waals surface area contributed by atoms with Crippen molar-refractivity contribution in [1.82, 2.24) is 4.72 Å². The van der Waals surface area contributed by atoms with Crippen molar-refractivity contribution in [3.8, 4) is 0 Å². The predicted octanol–water partition coefficient (Wildman–Crippen LogP) is 3.50. The molecule has 0 spiro atoms. The van der Waals surface area contributed by atoms with Crippen LogP contribution in [0.1, 0.15) is 38.5 Å². The number of hydrogen-bond acceptors (Lipinski definition) is 4. The van der Waals surface area contributed by atoms with E-state index in [9.17, 15) is 18.5 Å². The topological polar surface area (TPSA) is 89.3 Å². The third kappa shape index (κ3) is 2.72. The van der Waals surface area contributed by atoms with Crippen molar-refractivity contribution in [2.45, 2.75) is 49.0 Å². The van der Waals surface area contributed by atoms with Crippen LogP contribution >= 0.6 is 11.6 Å². The molecule has 5 rings (SSSR count). The second-order valence-corrected chi connectivity index (χ2v) is 9.76. The standard InChI is InChI=1S/C16H19ClN2O4S/c17-14-2-1-13(6-15(14)19(20)21)24(22,23)18-16-7-10-3-11(8-16)5-12(4-10)9-16/h1-2,6,10-12,18H,3-5,7-9H2. The van der Waals surface area contributed by atoms with E-state index in [1.807, 2.05) is 0 Å². The Labute approximate surface area is 145 Å². The van der Waals surface area contributed by atoms with Gasteiger partial charge in [-0.15, -0.1) is 0 Å². The normalized spacial score (nSPS) is 34.5. The molecule has 24 heavy (non-hydrogen) atoms. The van der Waals surface area contributed by atoms with Gasteiger partial charge < -0.3 is 0 Å². The second kappa shape index (κ2) is 5.41. The van der Waals surface area contributed by atoms with Crippen LogP contribution < -0.4 is 4.72 Å². The molecule has 4 saturated carbocycles. The Hall–Kier alpha value is -1.18. The second-order valence-electron chi connectivity index (χ2n) is 7.67. The van der Waals surface area contributed by atoms with E-state index in [1.54, 1.807) is 0 Å². The Balaban J connectivity index is 1.64. The molecular weight excluding hydrogens is 352 g/mol. The molecule has 4 aliphatic rings. The summed E-state index contributed by atoms with van der Waals surface area (Å²) >= 11 is 5.78. The lowest BCUT2D eigenvalue weighted by atomic mass is 9.53. The van der Waals surface area contributed by atoms with Crippen LogP contribution in [0.15, 0.2) is 23.1 Å². The fraction of sp³-hybridized carbons (Fsp3) is 0.625. The first kappa shape index (κ1) is 16.3. The molecule has 130 valence electrons. The largest absolute Gasteiger partial charge is 0.289 e. The maximum atomic E-state index is 12.8. The van der Waals surface area contributed by atoms with Crippen LogP contribution in [-0.2, 0) is 10.0 Å². The van der Waals surface area contributed by atoms with Crippen LogP contribution in [-0.4, -0.2) is 18.9 Å². The van der Waals surface area contributed by atoms with Gasteiger partial charge in [0.1, 0.15) is 5.02 Å². The summed E-state index contributed by atoms with van der Waals surface area (Å²) < 4.78 is 28.6. The minimum atomic E-state index is -3.81. The summed E-state index contributed by atoms with van der Waals surface area (Å²) in [6.07, 6.45) is 6.30. The Kier molecular flexibility index (Phi) is 3.67. The minimum Gasteiger partial charge on any atom is -0.258 e. The van der Waals surface area contributed by atoms with Crippen molar-refractivity contribution >= 4 is 27.3 Å². The third-order valence-corrected chi connectivity index (χ3v) is 7.71. The lowest BCUT2D eigenvalue weighted by molar-refractivity contribution is -0.384. The zero-order valence-corrected chi connectivity index (χ0v) is 14.6. The molecule has 0 amide bonds. The highest BCUT2D eigenvalue weighted by Crippen LogP contribution is 2.56. The van der Waals surface area contributed by atoms with E-state index >= 15 is 0 Å². The van der Waals surface area contributed by atoms with Gasteiger partial charge in [0.05, 0.1) is 9.82 Å². The Morgan fingerprint density at radius 1 is 1.12 bits per heavy atom. The number of nitro benzene ring substituents is 1. The SMILES string of the molecule is O=[N+]([O-])c1cc(S(=O)(=O)NC23CC4CC(CC(C4)C2)C3)ccc1Cl. The summed E-state index contributed by atoms with van der Waals surface area (Å²) in [4.78, 5) is 10.3. The first-order valence-electron chi connectivity index (χ1n) is 8.24. The molecule has 1 aromatic rings. The number of nitro groups is 1. The van der Waals surface area contributed by atoms with E-state index in [2.05, 4.69) is 4.72 Å². The van der Waals surface area contributed by atoms with Gasteiger partial charge in [0.25, 0.3) is 5.69 Å². The number of sulfonamides is 1. The summed E-state index contributed by atoms with van der Waals surface area (Å²) in [7, 11) is -3.81. The molecular formula is C16H19ClN2O4S. The molecule has 0 unspecified atom stereocenters. The van der Waals surface area contributed by atoms with Gasteiger partial charge in [-0.1, -0.05) is 11.6 Å². The smallest absolute Gasteiger partial charge is 0.258 e. The van der Waals surface area contributed by atoms with Gasteiger partial charge in [-0.25, -0.2) is 13.1 Å². The molecule has 0 radical (unpaired) electrons. The van der Waals surface area contributed by atoms with Gasteiger partial charge in [0.15, 0.2) is 0 Å². The van der Waals surface area contributed by atoms with Gasteiger partial charge in [0.2, 0.25) is 10.0 Å². The monoisotopic (exact) mass is 370 g/mol. The molecule has 6 nitrogen and oxygen atoms in total. The lowest BCUT2D eigenvalue weighted by Gasteiger charge is -2.56. The lowest BCUT2D eigenvalue weighted by Crippen LogP contribution is -2.59. The summed E-state index contributed by atoms with van der Waals surface area (Å²) in [5.41, 5.74) is -0.757. The van der Waals surface area contributed by atoms with Crippen molar-refractivity contribution in [1.29, 1.82) is 0 Å². The molecule has 4 fully saturated rings. The quantitative estimate of drug-likeness (QED) is 0.648. The molecule has 1 N–H and O–H groups in total. The number of hydrogen-bond donors (Lipinski definition) is 1. The molecule has 0 aliphatic heterocycles. The fourth-order valence-corrected chi connectivity index (χ4v) is 7.02. The van der Waals surface area contributed by atoms with Gasteiger partial charge in [-0.3, -0.25) is 10.1 Å². The maximum absolute atomic E-state index is 12.8. The van der Waals surface area contributed by atoms with Gasteiger partial charge in [-0.05, 0) is 68.4 Å². The fourth-order valence-electron chi connectivity index (χ4n) is 5.38. The average Bonchev–Trinajstić information content (AvgIpc) is 2.44. The number of nitrogens with one attached hydrogen (secondary N) is 1. The summed E-state index contributed by atoms with van der Waals surface area (Å²) in [6, 6.07) is 3.65. The van der Waals surface area contributed by atoms with Crippen molar-refractivity contribution in [2.75, 3.05) is 0 Å². The van der Waals surface area contributed by atoms with Crippen molar-refractivity contribution in [2.24, 2.45) is 17.8 Å². The van der Waals surface area contributed by atoms with Crippen molar-refractivity contribution in [3.63, 3.8) is 0 Å². The van der Waals surface area contributed by atoms with Gasteiger partial charge in [-0.2, -0.15) is 0 Å². The Morgan fingerprint density at radius 3 is 2.17 bits per heavy atom. The van der Waals surface area contributed by atoms with Crippen LogP contribution in [0.2, 0.25) is 5.02 Å². The molecule has 0 heterocycles. The molecule has 1 aromatic carbocycles. The van der Waals surface area contributed by atoms with E-state index in [0.717, 1.165) is 25.3 Å². The van der Waals surface area contributed by atoms with E-state index in [0.29, 0.717) is 17.8 Å². The molecule has 4 bridgehead atoms. The molecule has 4 aliphatic carbocycles. The maximum Gasteiger partial charge on any atom is 0.289 e. The average molecular weight is 371 g/mol. The summed E-state index contributed by atoms with van der Waals surface area (Å²) in [5.74, 6) is 1.83. The van der Waals surface area contributed by atoms with Crippen LogP contribution in [0, 0.1) is 27.9 Å². The zero-order chi connectivity index (χ0) is 17.1. The molecule has 0 saturated heterocycles. The highest BCUT2D eigenvalue weighted by Gasteiger charge is 2.52. The van der Waals surface area contributed by atoms with Crippen LogP contribution in [0.5, 0.6) is 0 Å². The first-order chi connectivity index (χ1) is 11.3. The number of nitrogens with zero attached hydrogens (tertiary/aromatic N) is 1. The van der Waals surface area contributed by atoms with Gasteiger partial charge >= 0.3 is 0 Å². The minimum absolute atomic E-state index is 0.0613. The van der Waals surface area contributed by atoms with Crippen molar-refractivity contribution in [3.05, 3.63) is 33.3 Å². The van der Waals surface area contributed by atoms with E-state index in [1.165, 1.54) is 31.4 Å². The van der Waals surface area contributed by atoms with E-state index in [4.69, 9.17) is 11.6 Å². The number of benzene rings is 1. The van der Waals surface area contributed by atoms with E-state index < -0.39 is 14.9 Å². The first-order valence-corrected chi connectivity index (χ1v) is 10.1. The molecule has 0 atom stereocenters. The van der Waals surface area contributed by atoms with Crippen molar-refractivity contribution < 1.29 is 13.3 Å². The Bertz CT molecular complexity index is 773. The zero-order valence-electron chi connectivity index (χ0n) is 13.1. The number of halogens is 1. The van der Waals surface area contributed by atoms with Gasteiger partial charge in [0, 0.05) is 11.6 Å². The summed E-state index contributed by atoms with van der Waals surface area (Å²) in [6.45, 7) is 0. The highest BCUT2D eigenvalue weighted by atomic mass is 35.5. The van der Waals surface area contributed by atoms with E-state index in [-0.39, 0.29) is 21.1 Å². The molecule has 8 heteroatoms. The number of rotatable bonds is 4. The summed E-state index contributed by atoms with van der Waals surface area (Å²) in [5, 5.41) is 11.0. The van der Waals surface area contributed by atoms with Crippen LogP contribution in [0.3, 0.4) is 0 Å².